The number of methoxy groups -OCH3 is 1. The van der Waals surface area contributed by atoms with Gasteiger partial charge in [-0.1, -0.05) is 36.0 Å². The maximum absolute atomic E-state index is 13.3. The van der Waals surface area contributed by atoms with Gasteiger partial charge in [-0.3, -0.25) is 10.2 Å². The number of rotatable bonds is 2. The van der Waals surface area contributed by atoms with Crippen LogP contribution in [0.15, 0.2) is 81.5 Å². The second-order valence-electron chi connectivity index (χ2n) is 7.29. The van der Waals surface area contributed by atoms with Crippen LogP contribution in [0.2, 0.25) is 0 Å². The largest absolute Gasteiger partial charge is 0.497 e. The average Bonchev–Trinajstić information content (AvgIpc) is 2.82. The van der Waals surface area contributed by atoms with Crippen molar-refractivity contribution in [2.45, 2.75) is 16.7 Å². The van der Waals surface area contributed by atoms with E-state index in [0.717, 1.165) is 38.0 Å². The van der Waals surface area contributed by atoms with Gasteiger partial charge in [-0.15, -0.1) is 0 Å². The summed E-state index contributed by atoms with van der Waals surface area (Å²) in [5, 5.41) is 3.53. The number of hydrogen-bond donors (Lipinski definition) is 2. The van der Waals surface area contributed by atoms with E-state index in [-0.39, 0.29) is 11.9 Å². The normalized spacial score (nSPS) is 12.8. The molecule has 1 aromatic heterocycles. The molecular formula is C24H20N6O2S. The number of benzene rings is 3. The molecule has 0 saturated carbocycles. The van der Waals surface area contributed by atoms with Crippen molar-refractivity contribution in [2.24, 2.45) is 10.7 Å². The van der Waals surface area contributed by atoms with Gasteiger partial charge in [0.2, 0.25) is 5.96 Å². The first-order valence-electron chi connectivity index (χ1n) is 10.2. The molecule has 1 aliphatic rings. The van der Waals surface area contributed by atoms with Gasteiger partial charge in [0.25, 0.3) is 5.95 Å². The Hall–Kier alpha value is -4.11. The summed E-state index contributed by atoms with van der Waals surface area (Å²) in [6.45, 7) is 1.86. The van der Waals surface area contributed by atoms with Crippen molar-refractivity contribution in [3.05, 3.63) is 72.4 Å². The number of anilines is 2. The van der Waals surface area contributed by atoms with Crippen molar-refractivity contribution >= 4 is 52.0 Å². The Morgan fingerprint density at radius 3 is 2.36 bits per heavy atom. The van der Waals surface area contributed by atoms with Crippen LogP contribution >= 0.6 is 11.8 Å². The third kappa shape index (κ3) is 3.94. The highest BCUT2D eigenvalue weighted by Gasteiger charge is 2.28. The molecule has 164 valence electrons. The number of aromatic nitrogens is 2. The number of carbonyl (C=O) groups is 1. The molecule has 0 atom stereocenters. The van der Waals surface area contributed by atoms with E-state index in [0.29, 0.717) is 5.52 Å². The molecule has 0 aliphatic carbocycles. The summed E-state index contributed by atoms with van der Waals surface area (Å²) in [5.74, 6) is 0.788. The molecule has 4 aromatic rings. The monoisotopic (exact) mass is 456 g/mol. The fourth-order valence-corrected chi connectivity index (χ4v) is 4.70. The van der Waals surface area contributed by atoms with E-state index in [1.54, 1.807) is 23.8 Å². The summed E-state index contributed by atoms with van der Waals surface area (Å²) in [6, 6.07) is 20.5. The van der Waals surface area contributed by atoms with Crippen molar-refractivity contribution in [3.8, 4) is 5.75 Å². The molecule has 0 fully saturated rings. The lowest BCUT2D eigenvalue weighted by molar-refractivity contribution is 0.252. The van der Waals surface area contributed by atoms with Gasteiger partial charge in [0.1, 0.15) is 5.75 Å². The molecule has 3 aromatic carbocycles. The zero-order valence-corrected chi connectivity index (χ0v) is 18.8. The number of carbonyl (C=O) groups excluding carboxylic acids is 1. The number of hydrogen-bond acceptors (Lipinski definition) is 6. The Bertz CT molecular complexity index is 1380. The van der Waals surface area contributed by atoms with Gasteiger partial charge in [-0.05, 0) is 49.4 Å². The predicted molar refractivity (Wildman–Crippen MR) is 130 cm³/mol. The number of urea groups is 1. The third-order valence-electron chi connectivity index (χ3n) is 5.17. The van der Waals surface area contributed by atoms with E-state index in [9.17, 15) is 4.79 Å². The van der Waals surface area contributed by atoms with Gasteiger partial charge < -0.3 is 10.5 Å². The molecule has 5 rings (SSSR count). The molecule has 3 N–H and O–H groups in total. The Kier molecular flexibility index (Phi) is 5.31. The number of nitrogens with two attached hydrogens (primary N) is 1. The zero-order valence-electron chi connectivity index (χ0n) is 17.9. The topological polar surface area (TPSA) is 106 Å². The van der Waals surface area contributed by atoms with Gasteiger partial charge in [0.05, 0.1) is 29.7 Å². The van der Waals surface area contributed by atoms with Crippen LogP contribution in [0.25, 0.3) is 10.9 Å². The van der Waals surface area contributed by atoms with E-state index in [4.69, 9.17) is 10.5 Å². The molecule has 0 saturated heterocycles. The van der Waals surface area contributed by atoms with Crippen LogP contribution in [0.3, 0.4) is 0 Å². The molecule has 33 heavy (non-hydrogen) atoms. The SMILES string of the molecule is COc1ccc2nc(N=C(N)NC(=O)N3c4ccccc4Sc4ccccc43)nc(C)c2c1. The first kappa shape index (κ1) is 20.8. The van der Waals surface area contributed by atoms with Gasteiger partial charge in [0, 0.05) is 15.2 Å². The Morgan fingerprint density at radius 1 is 1.03 bits per heavy atom. The van der Waals surface area contributed by atoms with Crippen LogP contribution < -0.4 is 20.7 Å². The fourth-order valence-electron chi connectivity index (χ4n) is 3.65. The summed E-state index contributed by atoms with van der Waals surface area (Å²) >= 11 is 1.62. The summed E-state index contributed by atoms with van der Waals surface area (Å²) in [7, 11) is 1.61. The van der Waals surface area contributed by atoms with E-state index in [1.165, 1.54) is 0 Å². The molecule has 0 spiro atoms. The van der Waals surface area contributed by atoms with Gasteiger partial charge in [-0.25, -0.2) is 14.8 Å². The van der Waals surface area contributed by atoms with E-state index < -0.39 is 6.03 Å². The second kappa shape index (κ2) is 8.44. The number of aryl methyl sites for hydroxylation is 1. The standard InChI is InChI=1S/C24H20N6O2S/c1-14-16-13-15(32-2)11-12-17(16)27-23(26-14)28-22(25)29-24(31)30-18-7-3-5-9-20(18)33-21-10-6-4-8-19(21)30/h3-13H,1-2H3,(H3,25,26,27,28,29,31). The quantitative estimate of drug-likeness (QED) is 0.328. The number of nitrogens with one attached hydrogen (secondary N) is 1. The highest BCUT2D eigenvalue weighted by atomic mass is 32.2. The predicted octanol–water partition coefficient (Wildman–Crippen LogP) is 4.91. The molecule has 0 unspecified atom stereocenters. The van der Waals surface area contributed by atoms with Crippen LogP contribution in [0.4, 0.5) is 22.1 Å². The van der Waals surface area contributed by atoms with Crippen molar-refractivity contribution in [3.63, 3.8) is 0 Å². The molecule has 9 heteroatoms. The van der Waals surface area contributed by atoms with Crippen LogP contribution in [-0.4, -0.2) is 29.1 Å². The highest BCUT2D eigenvalue weighted by molar-refractivity contribution is 7.99. The maximum atomic E-state index is 13.3. The zero-order chi connectivity index (χ0) is 22.9. The van der Waals surface area contributed by atoms with Gasteiger partial charge in [0.15, 0.2) is 0 Å². The minimum absolute atomic E-state index is 0.0968. The fraction of sp³-hybridized carbons (Fsp3) is 0.0833. The number of guanidine groups is 1. The highest BCUT2D eigenvalue weighted by Crippen LogP contribution is 2.47. The lowest BCUT2D eigenvalue weighted by Crippen LogP contribution is -2.44. The maximum Gasteiger partial charge on any atom is 0.333 e. The number of amides is 2. The summed E-state index contributed by atoms with van der Waals surface area (Å²) in [6.07, 6.45) is 0. The summed E-state index contributed by atoms with van der Waals surface area (Å²) < 4.78 is 5.27. The van der Waals surface area contributed by atoms with Gasteiger partial charge >= 0.3 is 6.03 Å². The molecule has 0 radical (unpaired) electrons. The molecule has 2 amide bonds. The smallest absolute Gasteiger partial charge is 0.333 e. The summed E-state index contributed by atoms with van der Waals surface area (Å²) in [5.41, 5.74) is 9.07. The molecular weight excluding hydrogens is 436 g/mol. The van der Waals surface area contributed by atoms with Crippen molar-refractivity contribution in [1.82, 2.24) is 15.3 Å². The molecule has 0 bridgehead atoms. The minimum atomic E-state index is -0.418. The van der Waals surface area contributed by atoms with E-state index >= 15 is 0 Å². The minimum Gasteiger partial charge on any atom is -0.497 e. The van der Waals surface area contributed by atoms with Crippen molar-refractivity contribution < 1.29 is 9.53 Å². The number of para-hydroxylation sites is 2. The van der Waals surface area contributed by atoms with Crippen LogP contribution in [0.1, 0.15) is 5.69 Å². The average molecular weight is 457 g/mol. The summed E-state index contributed by atoms with van der Waals surface area (Å²) in [4.78, 5) is 29.9. The van der Waals surface area contributed by atoms with E-state index in [1.807, 2.05) is 73.7 Å². The van der Waals surface area contributed by atoms with E-state index in [2.05, 4.69) is 20.3 Å². The Labute approximate surface area is 194 Å². The number of nitrogens with zero attached hydrogens (tertiary/aromatic N) is 4. The molecule has 2 heterocycles. The Balaban J connectivity index is 1.45. The number of fused-ring (bicyclic) bond motifs is 3. The van der Waals surface area contributed by atoms with Gasteiger partial charge in [-0.2, -0.15) is 4.99 Å². The molecule has 1 aliphatic heterocycles. The Morgan fingerprint density at radius 2 is 1.70 bits per heavy atom. The lowest BCUT2D eigenvalue weighted by atomic mass is 10.2. The third-order valence-corrected chi connectivity index (χ3v) is 6.30. The lowest BCUT2D eigenvalue weighted by Gasteiger charge is -2.30. The molecule has 8 nitrogen and oxygen atoms in total. The van der Waals surface area contributed by atoms with Crippen LogP contribution in [0, 0.1) is 6.92 Å². The van der Waals surface area contributed by atoms with Crippen LogP contribution in [0.5, 0.6) is 5.75 Å². The first-order valence-corrected chi connectivity index (χ1v) is 11.0. The first-order chi connectivity index (χ1) is 16.0. The van der Waals surface area contributed by atoms with Crippen molar-refractivity contribution in [2.75, 3.05) is 12.0 Å². The number of ether oxygens (including phenoxy) is 1. The van der Waals surface area contributed by atoms with Crippen molar-refractivity contribution in [1.29, 1.82) is 0 Å². The number of aliphatic imine (C=N–C) groups is 1. The van der Waals surface area contributed by atoms with Crippen LogP contribution in [-0.2, 0) is 0 Å². The second-order valence-corrected chi connectivity index (χ2v) is 8.38.